The van der Waals surface area contributed by atoms with Gasteiger partial charge in [-0.3, -0.25) is 4.90 Å². The molecule has 0 spiro atoms. The molecule has 0 saturated carbocycles. The van der Waals surface area contributed by atoms with Gasteiger partial charge in [0.1, 0.15) is 0 Å². The van der Waals surface area contributed by atoms with Gasteiger partial charge in [-0.1, -0.05) is 36.4 Å². The molecule has 2 aromatic rings. The molecule has 0 atom stereocenters. The van der Waals surface area contributed by atoms with E-state index in [1.807, 2.05) is 60.7 Å². The number of rotatable bonds is 2. The van der Waals surface area contributed by atoms with E-state index in [1.165, 1.54) is 4.90 Å². The average molecular weight is 237 g/mol. The van der Waals surface area contributed by atoms with Gasteiger partial charge in [0, 0.05) is 0 Å². The first-order valence-electron chi connectivity index (χ1n) is 5.42. The number of anilines is 2. The minimum absolute atomic E-state index is 0.477. The molecular formula is C14H11N3O. The monoisotopic (exact) mass is 237 g/mol. The quantitative estimate of drug-likeness (QED) is 0.644. The number of benzene rings is 2. The largest absolute Gasteiger partial charge is 0.339 e. The second-order valence-corrected chi connectivity index (χ2v) is 3.55. The van der Waals surface area contributed by atoms with Gasteiger partial charge < -0.3 is 0 Å². The maximum Gasteiger partial charge on any atom is 0.339 e. The summed E-state index contributed by atoms with van der Waals surface area (Å²) in [5.74, 6) is 0. The summed E-state index contributed by atoms with van der Waals surface area (Å²) in [5, 5.41) is 10.7. The summed E-state index contributed by atoms with van der Waals surface area (Å²) in [6.07, 6.45) is 1.65. The highest BCUT2D eigenvalue weighted by Crippen LogP contribution is 2.24. The van der Waals surface area contributed by atoms with E-state index in [0.717, 1.165) is 0 Å². The Morgan fingerprint density at radius 1 is 0.944 bits per heavy atom. The molecule has 0 unspecified atom stereocenters. The Bertz CT molecular complexity index is 521. The number of carbonyl (C=O) groups is 1. The van der Waals surface area contributed by atoms with E-state index in [4.69, 9.17) is 5.26 Å². The van der Waals surface area contributed by atoms with Crippen LogP contribution < -0.4 is 10.2 Å². The van der Waals surface area contributed by atoms with E-state index >= 15 is 0 Å². The number of nitrogens with one attached hydrogen (secondary N) is 1. The molecule has 2 aromatic carbocycles. The topological polar surface area (TPSA) is 56.1 Å². The molecule has 1 N–H and O–H groups in total. The van der Waals surface area contributed by atoms with E-state index in [0.29, 0.717) is 11.4 Å². The van der Waals surface area contributed by atoms with Crippen LogP contribution in [0.2, 0.25) is 0 Å². The second-order valence-electron chi connectivity index (χ2n) is 3.55. The molecule has 0 aliphatic carbocycles. The highest BCUT2D eigenvalue weighted by molar-refractivity contribution is 5.99. The summed E-state index contributed by atoms with van der Waals surface area (Å²) in [6.45, 7) is 0. The fourth-order valence-electron chi connectivity index (χ4n) is 1.64. The molecular weight excluding hydrogens is 226 g/mol. The minimum Gasteiger partial charge on any atom is -0.262 e. The first-order chi connectivity index (χ1) is 8.83. The number of nitriles is 1. The van der Waals surface area contributed by atoms with Crippen molar-refractivity contribution in [3.05, 3.63) is 60.7 Å². The van der Waals surface area contributed by atoms with Crippen molar-refractivity contribution in [2.45, 2.75) is 0 Å². The van der Waals surface area contributed by atoms with Crippen LogP contribution in [0.4, 0.5) is 16.2 Å². The van der Waals surface area contributed by atoms with Crippen LogP contribution in [0.3, 0.4) is 0 Å². The van der Waals surface area contributed by atoms with Crippen LogP contribution in [0, 0.1) is 11.5 Å². The zero-order valence-electron chi connectivity index (χ0n) is 9.58. The van der Waals surface area contributed by atoms with Crippen molar-refractivity contribution in [3.8, 4) is 6.19 Å². The standard InChI is InChI=1S/C14H11N3O/c15-11-16-14(18)17(12-7-3-1-4-8-12)13-9-5-2-6-10-13/h1-10H,(H,16,18). The number of hydrogen-bond acceptors (Lipinski definition) is 2. The maximum atomic E-state index is 11.9. The number of carbonyl (C=O) groups excluding carboxylic acids is 1. The Kier molecular flexibility index (Phi) is 3.57. The van der Waals surface area contributed by atoms with Gasteiger partial charge in [0.25, 0.3) is 0 Å². The van der Waals surface area contributed by atoms with Gasteiger partial charge in [-0.2, -0.15) is 5.26 Å². The molecule has 4 heteroatoms. The molecule has 0 aliphatic heterocycles. The zero-order chi connectivity index (χ0) is 12.8. The summed E-state index contributed by atoms with van der Waals surface area (Å²) >= 11 is 0. The van der Waals surface area contributed by atoms with Crippen LogP contribution in [0.25, 0.3) is 0 Å². The fraction of sp³-hybridized carbons (Fsp3) is 0. The molecule has 0 heterocycles. The molecule has 0 bridgehead atoms. The zero-order valence-corrected chi connectivity index (χ0v) is 9.58. The van der Waals surface area contributed by atoms with Crippen molar-refractivity contribution in [2.24, 2.45) is 0 Å². The Labute approximate surface area is 105 Å². The van der Waals surface area contributed by atoms with Crippen molar-refractivity contribution in [1.29, 1.82) is 5.26 Å². The normalized spacial score (nSPS) is 9.28. The second kappa shape index (κ2) is 5.51. The predicted molar refractivity (Wildman–Crippen MR) is 69.2 cm³/mol. The highest BCUT2D eigenvalue weighted by Gasteiger charge is 2.16. The molecule has 0 saturated heterocycles. The molecule has 0 aromatic heterocycles. The molecule has 0 radical (unpaired) electrons. The first-order valence-corrected chi connectivity index (χ1v) is 5.42. The Morgan fingerprint density at radius 3 is 1.78 bits per heavy atom. The van der Waals surface area contributed by atoms with Crippen molar-refractivity contribution >= 4 is 17.4 Å². The van der Waals surface area contributed by atoms with Crippen LogP contribution in [-0.2, 0) is 0 Å². The summed E-state index contributed by atoms with van der Waals surface area (Å²) in [7, 11) is 0. The van der Waals surface area contributed by atoms with Crippen molar-refractivity contribution < 1.29 is 4.79 Å². The third-order valence-corrected chi connectivity index (χ3v) is 2.39. The number of urea groups is 1. The molecule has 18 heavy (non-hydrogen) atoms. The van der Waals surface area contributed by atoms with Gasteiger partial charge in [0.2, 0.25) is 0 Å². The summed E-state index contributed by atoms with van der Waals surface area (Å²) in [4.78, 5) is 13.4. The lowest BCUT2D eigenvalue weighted by Crippen LogP contribution is -2.34. The Hall–Kier alpha value is -2.80. The van der Waals surface area contributed by atoms with Crippen molar-refractivity contribution in [3.63, 3.8) is 0 Å². The van der Waals surface area contributed by atoms with Gasteiger partial charge in [-0.05, 0) is 24.3 Å². The van der Waals surface area contributed by atoms with E-state index in [9.17, 15) is 4.79 Å². The molecule has 0 fully saturated rings. The Morgan fingerprint density at radius 2 is 1.39 bits per heavy atom. The van der Waals surface area contributed by atoms with Crippen LogP contribution in [0.1, 0.15) is 0 Å². The smallest absolute Gasteiger partial charge is 0.262 e. The molecule has 2 amide bonds. The van der Waals surface area contributed by atoms with Crippen LogP contribution in [0.15, 0.2) is 60.7 Å². The summed E-state index contributed by atoms with van der Waals surface area (Å²) in [5.41, 5.74) is 1.41. The average Bonchev–Trinajstić information content (AvgIpc) is 2.42. The highest BCUT2D eigenvalue weighted by atomic mass is 16.2. The van der Waals surface area contributed by atoms with Crippen LogP contribution >= 0.6 is 0 Å². The van der Waals surface area contributed by atoms with E-state index < -0.39 is 6.03 Å². The third-order valence-electron chi connectivity index (χ3n) is 2.39. The number of nitrogens with zero attached hydrogens (tertiary/aromatic N) is 2. The molecule has 2 rings (SSSR count). The van der Waals surface area contributed by atoms with E-state index in [2.05, 4.69) is 5.32 Å². The van der Waals surface area contributed by atoms with Crippen LogP contribution in [0.5, 0.6) is 0 Å². The number of hydrogen-bond donors (Lipinski definition) is 1. The minimum atomic E-state index is -0.477. The van der Waals surface area contributed by atoms with Gasteiger partial charge >= 0.3 is 6.03 Å². The summed E-state index contributed by atoms with van der Waals surface area (Å²) in [6, 6.07) is 17.9. The third kappa shape index (κ3) is 2.47. The lowest BCUT2D eigenvalue weighted by atomic mass is 10.2. The lowest BCUT2D eigenvalue weighted by molar-refractivity contribution is 0.252. The first kappa shape index (κ1) is 11.7. The predicted octanol–water partition coefficient (Wildman–Crippen LogP) is 3.02. The van der Waals surface area contributed by atoms with Crippen molar-refractivity contribution in [2.75, 3.05) is 4.90 Å². The molecule has 0 aliphatic rings. The Balaban J connectivity index is 2.42. The van der Waals surface area contributed by atoms with Gasteiger partial charge in [-0.15, -0.1) is 0 Å². The maximum absolute atomic E-state index is 11.9. The van der Waals surface area contributed by atoms with Crippen LogP contribution in [-0.4, -0.2) is 6.03 Å². The van der Waals surface area contributed by atoms with Gasteiger partial charge in [0.05, 0.1) is 11.4 Å². The number of amides is 2. The van der Waals surface area contributed by atoms with Gasteiger partial charge in [0.15, 0.2) is 6.19 Å². The van der Waals surface area contributed by atoms with E-state index in [1.54, 1.807) is 6.19 Å². The summed E-state index contributed by atoms with van der Waals surface area (Å²) < 4.78 is 0. The SMILES string of the molecule is N#CNC(=O)N(c1ccccc1)c1ccccc1. The van der Waals surface area contributed by atoms with E-state index in [-0.39, 0.29) is 0 Å². The lowest BCUT2D eigenvalue weighted by Gasteiger charge is -2.21. The van der Waals surface area contributed by atoms with Crippen molar-refractivity contribution in [1.82, 2.24) is 5.32 Å². The molecule has 4 nitrogen and oxygen atoms in total. The fourth-order valence-corrected chi connectivity index (χ4v) is 1.64. The van der Waals surface area contributed by atoms with Gasteiger partial charge in [-0.25, -0.2) is 10.1 Å². The molecule has 88 valence electrons. The number of para-hydroxylation sites is 2.